The van der Waals surface area contributed by atoms with Crippen molar-refractivity contribution in [3.05, 3.63) is 29.8 Å². The highest BCUT2D eigenvalue weighted by Crippen LogP contribution is 2.17. The van der Waals surface area contributed by atoms with E-state index in [2.05, 4.69) is 0 Å². The van der Waals surface area contributed by atoms with E-state index in [1.54, 1.807) is 0 Å². The molecule has 2 rings (SSSR count). The third-order valence-electron chi connectivity index (χ3n) is 2.69. The first-order valence-corrected chi connectivity index (χ1v) is 6.81. The summed E-state index contributed by atoms with van der Waals surface area (Å²) in [5.74, 6) is 0. The van der Waals surface area contributed by atoms with Crippen molar-refractivity contribution in [3.63, 3.8) is 0 Å². The van der Waals surface area contributed by atoms with Crippen LogP contribution in [-0.4, -0.2) is 39.0 Å². The van der Waals surface area contributed by atoms with Gasteiger partial charge in [-0.1, -0.05) is 12.1 Å². The highest BCUT2D eigenvalue weighted by atomic mass is 32.2. The molecule has 0 aliphatic carbocycles. The van der Waals surface area contributed by atoms with Crippen LogP contribution in [0.25, 0.3) is 0 Å². The van der Waals surface area contributed by atoms with E-state index in [-0.39, 0.29) is 4.90 Å². The predicted octanol–water partition coefficient (Wildman–Crippen LogP) is 1.18. The predicted molar refractivity (Wildman–Crippen MR) is 60.8 cm³/mol. The minimum absolute atomic E-state index is 0.205. The summed E-state index contributed by atoms with van der Waals surface area (Å²) in [4.78, 5) is 0.205. The molecule has 0 saturated carbocycles. The number of halogens is 1. The van der Waals surface area contributed by atoms with Crippen LogP contribution in [0, 0.1) is 0 Å². The lowest BCUT2D eigenvalue weighted by atomic mass is 10.2. The molecule has 1 fully saturated rings. The van der Waals surface area contributed by atoms with E-state index in [4.69, 9.17) is 4.74 Å². The van der Waals surface area contributed by atoms with Gasteiger partial charge in [0.2, 0.25) is 10.0 Å². The van der Waals surface area contributed by atoms with Crippen molar-refractivity contribution in [1.82, 2.24) is 4.31 Å². The van der Waals surface area contributed by atoms with Crippen molar-refractivity contribution in [1.29, 1.82) is 0 Å². The van der Waals surface area contributed by atoms with Gasteiger partial charge in [0, 0.05) is 13.1 Å². The number of morpholine rings is 1. The zero-order chi connectivity index (χ0) is 12.3. The molecular formula is C11H14FNO3S. The number of benzene rings is 1. The van der Waals surface area contributed by atoms with E-state index in [1.807, 2.05) is 0 Å². The van der Waals surface area contributed by atoms with Crippen molar-refractivity contribution < 1.29 is 17.5 Å². The van der Waals surface area contributed by atoms with Gasteiger partial charge in [-0.2, -0.15) is 4.31 Å². The maximum Gasteiger partial charge on any atom is 0.243 e. The molecule has 17 heavy (non-hydrogen) atoms. The van der Waals surface area contributed by atoms with Crippen molar-refractivity contribution in [2.24, 2.45) is 0 Å². The summed E-state index contributed by atoms with van der Waals surface area (Å²) < 4.78 is 43.2. The number of hydrogen-bond donors (Lipinski definition) is 0. The Morgan fingerprint density at radius 1 is 1.18 bits per heavy atom. The fourth-order valence-electron chi connectivity index (χ4n) is 1.69. The first-order chi connectivity index (χ1) is 8.14. The van der Waals surface area contributed by atoms with E-state index < -0.39 is 16.7 Å². The Labute approximate surface area is 100 Å². The molecule has 0 radical (unpaired) electrons. The molecule has 0 spiro atoms. The molecule has 1 heterocycles. The van der Waals surface area contributed by atoms with E-state index in [0.717, 1.165) is 0 Å². The van der Waals surface area contributed by atoms with Crippen LogP contribution in [0.1, 0.15) is 5.56 Å². The van der Waals surface area contributed by atoms with Gasteiger partial charge in [0.15, 0.2) is 0 Å². The normalized spacial score (nSPS) is 18.2. The lowest BCUT2D eigenvalue weighted by molar-refractivity contribution is 0.0730. The van der Waals surface area contributed by atoms with Gasteiger partial charge in [-0.25, -0.2) is 12.8 Å². The minimum Gasteiger partial charge on any atom is -0.379 e. The van der Waals surface area contributed by atoms with Crippen molar-refractivity contribution >= 4 is 10.0 Å². The zero-order valence-corrected chi connectivity index (χ0v) is 10.1. The van der Waals surface area contributed by atoms with Crippen molar-refractivity contribution in [2.75, 3.05) is 26.3 Å². The van der Waals surface area contributed by atoms with Crippen LogP contribution >= 0.6 is 0 Å². The van der Waals surface area contributed by atoms with Crippen LogP contribution in [0.15, 0.2) is 29.2 Å². The summed E-state index contributed by atoms with van der Waals surface area (Å²) in [5.41, 5.74) is 0.478. The summed E-state index contributed by atoms with van der Waals surface area (Å²) in [6.45, 7) is 0.988. The van der Waals surface area contributed by atoms with Crippen LogP contribution in [-0.2, 0) is 21.4 Å². The van der Waals surface area contributed by atoms with Gasteiger partial charge in [0.25, 0.3) is 0 Å². The standard InChI is InChI=1S/C11H14FNO3S/c12-9-10-1-3-11(4-2-10)17(14,15)13-5-7-16-8-6-13/h1-4H,5-9H2. The molecule has 0 atom stereocenters. The van der Waals surface area contributed by atoms with Gasteiger partial charge < -0.3 is 4.74 Å². The van der Waals surface area contributed by atoms with Gasteiger partial charge in [-0.05, 0) is 17.7 Å². The molecule has 0 unspecified atom stereocenters. The number of sulfonamides is 1. The molecule has 0 N–H and O–H groups in total. The average molecular weight is 259 g/mol. The molecule has 0 bridgehead atoms. The molecular weight excluding hydrogens is 245 g/mol. The van der Waals surface area contributed by atoms with Crippen LogP contribution in [0.3, 0.4) is 0 Å². The van der Waals surface area contributed by atoms with E-state index in [1.165, 1.54) is 28.6 Å². The summed E-state index contributed by atoms with van der Waals surface area (Å²) in [6, 6.07) is 5.88. The molecule has 1 aliphatic rings. The highest BCUT2D eigenvalue weighted by molar-refractivity contribution is 7.89. The van der Waals surface area contributed by atoms with E-state index in [9.17, 15) is 12.8 Å². The Bertz CT molecular complexity index is 466. The highest BCUT2D eigenvalue weighted by Gasteiger charge is 2.25. The number of hydrogen-bond acceptors (Lipinski definition) is 3. The lowest BCUT2D eigenvalue weighted by Crippen LogP contribution is -2.40. The second kappa shape index (κ2) is 5.12. The minimum atomic E-state index is -3.46. The molecule has 1 aromatic carbocycles. The smallest absolute Gasteiger partial charge is 0.243 e. The number of nitrogens with zero attached hydrogens (tertiary/aromatic N) is 1. The SMILES string of the molecule is O=S(=O)(c1ccc(CF)cc1)N1CCOCC1. The lowest BCUT2D eigenvalue weighted by Gasteiger charge is -2.26. The Balaban J connectivity index is 2.23. The second-order valence-corrected chi connectivity index (χ2v) is 5.73. The molecule has 0 aromatic heterocycles. The molecule has 1 saturated heterocycles. The summed E-state index contributed by atoms with van der Waals surface area (Å²) in [7, 11) is -3.46. The van der Waals surface area contributed by atoms with Gasteiger partial charge in [0.05, 0.1) is 18.1 Å². The third-order valence-corrected chi connectivity index (χ3v) is 4.60. The molecule has 94 valence electrons. The second-order valence-electron chi connectivity index (χ2n) is 3.79. The van der Waals surface area contributed by atoms with Gasteiger partial charge in [-0.15, -0.1) is 0 Å². The molecule has 1 aromatic rings. The molecule has 1 aliphatic heterocycles. The number of ether oxygens (including phenoxy) is 1. The van der Waals surface area contributed by atoms with Gasteiger partial charge >= 0.3 is 0 Å². The third kappa shape index (κ3) is 2.65. The maximum absolute atomic E-state index is 12.3. The number of alkyl halides is 1. The van der Waals surface area contributed by atoms with E-state index in [0.29, 0.717) is 31.9 Å². The molecule has 0 amide bonds. The monoisotopic (exact) mass is 259 g/mol. The fourth-order valence-corrected chi connectivity index (χ4v) is 3.09. The van der Waals surface area contributed by atoms with Crippen LogP contribution in [0.5, 0.6) is 0 Å². The first-order valence-electron chi connectivity index (χ1n) is 5.37. The Hall–Kier alpha value is -0.980. The van der Waals surface area contributed by atoms with Crippen LogP contribution in [0.2, 0.25) is 0 Å². The molecule has 6 heteroatoms. The molecule has 4 nitrogen and oxygen atoms in total. The Morgan fingerprint density at radius 2 is 1.76 bits per heavy atom. The first kappa shape index (κ1) is 12.5. The van der Waals surface area contributed by atoms with Gasteiger partial charge in [0.1, 0.15) is 6.67 Å². The Morgan fingerprint density at radius 3 is 2.29 bits per heavy atom. The van der Waals surface area contributed by atoms with E-state index >= 15 is 0 Å². The largest absolute Gasteiger partial charge is 0.379 e. The Kier molecular flexibility index (Phi) is 3.76. The average Bonchev–Trinajstić information content (AvgIpc) is 2.40. The summed E-state index contributed by atoms with van der Waals surface area (Å²) >= 11 is 0. The number of rotatable bonds is 3. The zero-order valence-electron chi connectivity index (χ0n) is 9.30. The van der Waals surface area contributed by atoms with Crippen LogP contribution in [0.4, 0.5) is 4.39 Å². The summed E-state index contributed by atoms with van der Waals surface area (Å²) in [5, 5.41) is 0. The van der Waals surface area contributed by atoms with Crippen molar-refractivity contribution in [3.8, 4) is 0 Å². The van der Waals surface area contributed by atoms with Gasteiger partial charge in [-0.3, -0.25) is 0 Å². The van der Waals surface area contributed by atoms with Crippen LogP contribution < -0.4 is 0 Å². The fraction of sp³-hybridized carbons (Fsp3) is 0.455. The summed E-state index contributed by atoms with van der Waals surface area (Å²) in [6.07, 6.45) is 0. The topological polar surface area (TPSA) is 46.6 Å². The quantitative estimate of drug-likeness (QED) is 0.819. The van der Waals surface area contributed by atoms with Crippen molar-refractivity contribution in [2.45, 2.75) is 11.6 Å². The maximum atomic E-state index is 12.3.